The zero-order valence-electron chi connectivity index (χ0n) is 7.85. The molecule has 0 fully saturated rings. The molecule has 0 unspecified atom stereocenters. The number of halogens is 1. The fourth-order valence-electron chi connectivity index (χ4n) is 1.16. The lowest BCUT2D eigenvalue weighted by Gasteiger charge is -1.98. The van der Waals surface area contributed by atoms with Crippen LogP contribution in [-0.4, -0.2) is 19.7 Å². The first-order chi connectivity index (χ1) is 7.24. The Morgan fingerprint density at radius 2 is 2.07 bits per heavy atom. The van der Waals surface area contributed by atoms with Crippen molar-refractivity contribution in [3.8, 4) is 12.0 Å². The van der Waals surface area contributed by atoms with Crippen LogP contribution in [0.5, 0.6) is 0 Å². The third-order valence-corrected chi connectivity index (χ3v) is 2.21. The summed E-state index contributed by atoms with van der Waals surface area (Å²) in [6.45, 7) is 1.71. The third-order valence-electron chi connectivity index (χ3n) is 1.86. The molecule has 0 aliphatic carbocycles. The molecule has 2 aromatic rings. The summed E-state index contributed by atoms with van der Waals surface area (Å²) >= 11 is 5.96. The largest absolute Gasteiger partial charge is 0.251 e. The second-order valence-corrected chi connectivity index (χ2v) is 3.18. The summed E-state index contributed by atoms with van der Waals surface area (Å²) in [5.41, 5.74) is 0.916. The Kier molecular flexibility index (Phi) is 2.35. The molecule has 0 aromatic carbocycles. The van der Waals surface area contributed by atoms with Crippen LogP contribution in [0.3, 0.4) is 0 Å². The summed E-state index contributed by atoms with van der Waals surface area (Å²) in [7, 11) is 0. The van der Waals surface area contributed by atoms with Gasteiger partial charge in [-0.15, -0.1) is 0 Å². The molecule has 0 spiro atoms. The summed E-state index contributed by atoms with van der Waals surface area (Å²) < 4.78 is 1.34. The van der Waals surface area contributed by atoms with Crippen molar-refractivity contribution in [2.45, 2.75) is 6.92 Å². The van der Waals surface area contributed by atoms with Crippen LogP contribution in [0, 0.1) is 18.3 Å². The Morgan fingerprint density at radius 3 is 2.60 bits per heavy atom. The molecule has 0 saturated heterocycles. The van der Waals surface area contributed by atoms with Gasteiger partial charge in [-0.05, 0) is 13.0 Å². The van der Waals surface area contributed by atoms with Gasteiger partial charge in [0.1, 0.15) is 11.6 Å². The molecule has 2 rings (SSSR count). The van der Waals surface area contributed by atoms with Gasteiger partial charge in [-0.1, -0.05) is 11.6 Å². The predicted molar refractivity (Wildman–Crippen MR) is 53.6 cm³/mol. The number of hydrogen-bond acceptors (Lipinski definition) is 4. The van der Waals surface area contributed by atoms with E-state index < -0.39 is 0 Å². The highest BCUT2D eigenvalue weighted by atomic mass is 35.5. The summed E-state index contributed by atoms with van der Waals surface area (Å²) in [6.07, 6.45) is 3.17. The average Bonchev–Trinajstić information content (AvgIpc) is 2.55. The fraction of sp³-hybridized carbons (Fsp3) is 0.111. The smallest absolute Gasteiger partial charge is 0.220 e. The molecular weight excluding hydrogens is 214 g/mol. The van der Waals surface area contributed by atoms with Crippen LogP contribution in [0.25, 0.3) is 5.95 Å². The summed E-state index contributed by atoms with van der Waals surface area (Å²) in [4.78, 5) is 7.99. The number of nitriles is 1. The molecule has 0 bridgehead atoms. The van der Waals surface area contributed by atoms with Gasteiger partial charge >= 0.3 is 0 Å². The quantitative estimate of drug-likeness (QED) is 0.729. The topological polar surface area (TPSA) is 67.4 Å². The Balaban J connectivity index is 2.62. The van der Waals surface area contributed by atoms with Crippen molar-refractivity contribution >= 4 is 11.6 Å². The Morgan fingerprint density at radius 1 is 1.40 bits per heavy atom. The molecule has 74 valence electrons. The van der Waals surface area contributed by atoms with E-state index in [-0.39, 0.29) is 5.15 Å². The maximum absolute atomic E-state index is 8.83. The maximum Gasteiger partial charge on any atom is 0.251 e. The second-order valence-electron chi connectivity index (χ2n) is 2.82. The van der Waals surface area contributed by atoms with Crippen LogP contribution >= 0.6 is 11.6 Å². The van der Waals surface area contributed by atoms with E-state index in [1.807, 2.05) is 6.07 Å². The minimum absolute atomic E-state index is 0.237. The van der Waals surface area contributed by atoms with E-state index in [1.54, 1.807) is 25.4 Å². The Labute approximate surface area is 91.0 Å². The van der Waals surface area contributed by atoms with Crippen LogP contribution in [0.1, 0.15) is 11.3 Å². The average molecular weight is 220 g/mol. The SMILES string of the molecule is Cc1nn(-c2ncccn2)c(Cl)c1C#N. The highest BCUT2D eigenvalue weighted by Crippen LogP contribution is 2.20. The maximum atomic E-state index is 8.83. The lowest BCUT2D eigenvalue weighted by Crippen LogP contribution is -2.01. The number of rotatable bonds is 1. The molecular formula is C9H6ClN5. The molecule has 5 nitrogen and oxygen atoms in total. The van der Waals surface area contributed by atoms with E-state index in [1.165, 1.54) is 4.68 Å². The van der Waals surface area contributed by atoms with Gasteiger partial charge in [0.25, 0.3) is 5.95 Å². The molecule has 0 amide bonds. The molecule has 0 N–H and O–H groups in total. The molecule has 15 heavy (non-hydrogen) atoms. The van der Waals surface area contributed by atoms with Crippen LogP contribution in [-0.2, 0) is 0 Å². The van der Waals surface area contributed by atoms with Gasteiger partial charge in [0.05, 0.1) is 5.69 Å². The van der Waals surface area contributed by atoms with Gasteiger partial charge in [-0.2, -0.15) is 15.0 Å². The van der Waals surface area contributed by atoms with Crippen molar-refractivity contribution in [3.05, 3.63) is 34.9 Å². The van der Waals surface area contributed by atoms with Crippen molar-refractivity contribution in [2.75, 3.05) is 0 Å². The number of aryl methyl sites for hydroxylation is 1. The number of aromatic nitrogens is 4. The van der Waals surface area contributed by atoms with Crippen molar-refractivity contribution in [1.82, 2.24) is 19.7 Å². The van der Waals surface area contributed by atoms with Gasteiger partial charge in [0.2, 0.25) is 0 Å². The zero-order valence-corrected chi connectivity index (χ0v) is 8.60. The minimum Gasteiger partial charge on any atom is -0.220 e. The Bertz CT molecular complexity index is 525. The molecule has 0 aliphatic rings. The molecule has 0 aliphatic heterocycles. The van der Waals surface area contributed by atoms with Crippen molar-refractivity contribution in [3.63, 3.8) is 0 Å². The molecule has 0 atom stereocenters. The highest BCUT2D eigenvalue weighted by molar-refractivity contribution is 6.31. The van der Waals surface area contributed by atoms with E-state index >= 15 is 0 Å². The zero-order chi connectivity index (χ0) is 10.8. The molecule has 6 heteroatoms. The van der Waals surface area contributed by atoms with Crippen LogP contribution in [0.15, 0.2) is 18.5 Å². The van der Waals surface area contributed by atoms with E-state index in [2.05, 4.69) is 15.1 Å². The summed E-state index contributed by atoms with van der Waals surface area (Å²) in [6, 6.07) is 3.68. The molecule has 0 radical (unpaired) electrons. The summed E-state index contributed by atoms with van der Waals surface area (Å²) in [5.74, 6) is 0.354. The monoisotopic (exact) mass is 219 g/mol. The van der Waals surface area contributed by atoms with Gasteiger partial charge in [0.15, 0.2) is 5.15 Å². The predicted octanol–water partition coefficient (Wildman–Crippen LogP) is 1.50. The van der Waals surface area contributed by atoms with E-state index in [0.29, 0.717) is 17.2 Å². The molecule has 2 aromatic heterocycles. The van der Waals surface area contributed by atoms with Crippen molar-refractivity contribution in [1.29, 1.82) is 5.26 Å². The first-order valence-corrected chi connectivity index (χ1v) is 4.54. The minimum atomic E-state index is 0.237. The van der Waals surface area contributed by atoms with Gasteiger partial charge in [0, 0.05) is 12.4 Å². The fourth-order valence-corrected chi connectivity index (χ4v) is 1.45. The third kappa shape index (κ3) is 1.55. The van der Waals surface area contributed by atoms with Gasteiger partial charge in [-0.25, -0.2) is 9.97 Å². The standard InChI is InChI=1S/C9H6ClN5/c1-6-7(5-11)8(10)15(14-6)9-12-3-2-4-13-9/h2-4H,1H3. The normalized spacial score (nSPS) is 9.93. The van der Waals surface area contributed by atoms with E-state index in [4.69, 9.17) is 16.9 Å². The molecule has 2 heterocycles. The number of nitrogens with zero attached hydrogens (tertiary/aromatic N) is 5. The first kappa shape index (κ1) is 9.62. The van der Waals surface area contributed by atoms with E-state index in [9.17, 15) is 0 Å². The van der Waals surface area contributed by atoms with Gasteiger partial charge in [-0.3, -0.25) is 0 Å². The second kappa shape index (κ2) is 3.67. The summed E-state index contributed by atoms with van der Waals surface area (Å²) in [5, 5.41) is 13.2. The van der Waals surface area contributed by atoms with Crippen molar-refractivity contribution in [2.24, 2.45) is 0 Å². The lowest BCUT2D eigenvalue weighted by molar-refractivity contribution is 0.797. The number of hydrogen-bond donors (Lipinski definition) is 0. The van der Waals surface area contributed by atoms with E-state index in [0.717, 1.165) is 0 Å². The van der Waals surface area contributed by atoms with Crippen molar-refractivity contribution < 1.29 is 0 Å². The van der Waals surface area contributed by atoms with Crippen LogP contribution in [0.4, 0.5) is 0 Å². The highest BCUT2D eigenvalue weighted by Gasteiger charge is 2.15. The lowest BCUT2D eigenvalue weighted by atomic mass is 10.3. The van der Waals surface area contributed by atoms with Gasteiger partial charge < -0.3 is 0 Å². The Hall–Kier alpha value is -1.93. The first-order valence-electron chi connectivity index (χ1n) is 4.16. The van der Waals surface area contributed by atoms with Crippen LogP contribution in [0.2, 0.25) is 5.15 Å². The van der Waals surface area contributed by atoms with Crippen LogP contribution < -0.4 is 0 Å². The molecule has 0 saturated carbocycles.